The molecule has 3 nitrogen and oxygen atoms in total. The normalized spacial score (nSPS) is 13.2. The molecule has 0 spiro atoms. The number of hydrogen-bond donors (Lipinski definition) is 1. The fraction of sp³-hybridized carbons (Fsp3) is 0.500. The number of carbonyl (C=O) groups is 1. The van der Waals surface area contributed by atoms with Crippen LogP contribution in [0.15, 0.2) is 25.3 Å². The average molecular weight is 183 g/mol. The summed E-state index contributed by atoms with van der Waals surface area (Å²) in [5, 5.41) is 3.06. The molecule has 0 aromatic heterocycles. The maximum Gasteiger partial charge on any atom is 0.331 e. The lowest BCUT2D eigenvalue weighted by atomic mass is 10.1. The maximum atomic E-state index is 10.8. The number of hydrogen-bond acceptors (Lipinski definition) is 3. The lowest BCUT2D eigenvalue weighted by molar-refractivity contribution is -0.144. The van der Waals surface area contributed by atoms with Crippen LogP contribution in [0, 0.1) is 0 Å². The third-order valence-corrected chi connectivity index (χ3v) is 1.55. The highest BCUT2D eigenvalue weighted by atomic mass is 16.6. The second-order valence-electron chi connectivity index (χ2n) is 3.35. The zero-order valence-electron chi connectivity index (χ0n) is 8.46. The Labute approximate surface area is 79.5 Å². The van der Waals surface area contributed by atoms with Gasteiger partial charge < -0.3 is 4.74 Å². The van der Waals surface area contributed by atoms with E-state index < -0.39 is 5.97 Å². The van der Waals surface area contributed by atoms with Crippen molar-refractivity contribution < 1.29 is 9.53 Å². The second kappa shape index (κ2) is 4.82. The molecule has 0 amide bonds. The highest BCUT2D eigenvalue weighted by Crippen LogP contribution is 2.04. The van der Waals surface area contributed by atoms with Gasteiger partial charge in [0.25, 0.3) is 0 Å². The molecule has 0 aliphatic heterocycles. The molecule has 1 unspecified atom stereocenters. The van der Waals surface area contributed by atoms with Crippen molar-refractivity contribution in [1.29, 1.82) is 0 Å². The molecule has 0 rings (SSSR count). The van der Waals surface area contributed by atoms with Crippen LogP contribution in [0.25, 0.3) is 0 Å². The Hall–Kier alpha value is -1.09. The predicted octanol–water partition coefficient (Wildman–Crippen LogP) is 1.62. The van der Waals surface area contributed by atoms with Crippen LogP contribution < -0.4 is 5.32 Å². The number of ether oxygens (including phenoxy) is 1. The molecule has 13 heavy (non-hydrogen) atoms. The Morgan fingerprint density at radius 1 is 1.54 bits per heavy atom. The van der Waals surface area contributed by atoms with Crippen LogP contribution in [0.3, 0.4) is 0 Å². The fourth-order valence-electron chi connectivity index (χ4n) is 0.835. The summed E-state index contributed by atoms with van der Waals surface area (Å²) in [5.74, 6) is -0.431. The third-order valence-electron chi connectivity index (χ3n) is 1.55. The number of nitrogens with one attached hydrogen (secondary N) is 1. The van der Waals surface area contributed by atoms with Crippen LogP contribution in [0.1, 0.15) is 20.8 Å². The van der Waals surface area contributed by atoms with Gasteiger partial charge in [-0.05, 0) is 20.8 Å². The van der Waals surface area contributed by atoms with Crippen LogP contribution in [0.2, 0.25) is 0 Å². The smallest absolute Gasteiger partial charge is 0.331 e. The minimum absolute atomic E-state index is 0.249. The van der Waals surface area contributed by atoms with Crippen molar-refractivity contribution in [2.75, 3.05) is 0 Å². The summed E-state index contributed by atoms with van der Waals surface area (Å²) in [7, 11) is 0. The summed E-state index contributed by atoms with van der Waals surface area (Å²) < 4.78 is 4.92. The van der Waals surface area contributed by atoms with Gasteiger partial charge >= 0.3 is 5.97 Å². The minimum atomic E-state index is -0.431. The first-order chi connectivity index (χ1) is 5.91. The summed E-state index contributed by atoms with van der Waals surface area (Å²) >= 11 is 0. The van der Waals surface area contributed by atoms with Gasteiger partial charge in [-0.3, -0.25) is 5.32 Å². The first kappa shape index (κ1) is 11.9. The van der Waals surface area contributed by atoms with Gasteiger partial charge in [-0.1, -0.05) is 12.7 Å². The molecular weight excluding hydrogens is 166 g/mol. The summed E-state index contributed by atoms with van der Waals surface area (Å²) in [6.07, 6.45) is 2.54. The minimum Gasteiger partial charge on any atom is -0.444 e. The van der Waals surface area contributed by atoms with E-state index in [0.717, 1.165) is 6.08 Å². The summed E-state index contributed by atoms with van der Waals surface area (Å²) in [4.78, 5) is 10.8. The Balaban J connectivity index is 4.00. The van der Waals surface area contributed by atoms with Crippen molar-refractivity contribution in [3.63, 3.8) is 0 Å². The van der Waals surface area contributed by atoms with Gasteiger partial charge in [-0.25, -0.2) is 4.79 Å². The highest BCUT2D eigenvalue weighted by Gasteiger charge is 2.17. The maximum absolute atomic E-state index is 10.8. The van der Waals surface area contributed by atoms with Crippen molar-refractivity contribution >= 4 is 5.97 Å². The van der Waals surface area contributed by atoms with Crippen molar-refractivity contribution in [3.05, 3.63) is 25.3 Å². The molecule has 1 atom stereocenters. The molecule has 0 fully saturated rings. The Morgan fingerprint density at radius 3 is 2.46 bits per heavy atom. The lowest BCUT2D eigenvalue weighted by Gasteiger charge is -2.26. The largest absolute Gasteiger partial charge is 0.444 e. The van der Waals surface area contributed by atoms with E-state index in [9.17, 15) is 4.79 Å². The van der Waals surface area contributed by atoms with E-state index in [1.807, 2.05) is 13.8 Å². The van der Waals surface area contributed by atoms with E-state index in [1.54, 1.807) is 13.0 Å². The fourth-order valence-corrected chi connectivity index (χ4v) is 0.835. The standard InChI is InChI=1S/C10H17NO2/c1-6-9(12)13-8(3)11-10(4,5)7-2/h6-8,11H,1-2H2,3-5H3. The van der Waals surface area contributed by atoms with Gasteiger partial charge in [0.15, 0.2) is 6.23 Å². The molecule has 0 radical (unpaired) electrons. The number of carbonyl (C=O) groups excluding carboxylic acids is 1. The van der Waals surface area contributed by atoms with Crippen molar-refractivity contribution in [2.24, 2.45) is 0 Å². The summed E-state index contributed by atoms with van der Waals surface area (Å²) in [5.41, 5.74) is -0.249. The van der Waals surface area contributed by atoms with E-state index in [0.29, 0.717) is 0 Å². The van der Waals surface area contributed by atoms with Crippen molar-refractivity contribution in [1.82, 2.24) is 5.32 Å². The molecule has 1 N–H and O–H groups in total. The topological polar surface area (TPSA) is 38.3 Å². The zero-order valence-corrected chi connectivity index (χ0v) is 8.46. The summed E-state index contributed by atoms with van der Waals surface area (Å²) in [6, 6.07) is 0. The van der Waals surface area contributed by atoms with Gasteiger partial charge in [-0.15, -0.1) is 6.58 Å². The molecule has 0 saturated heterocycles. The lowest BCUT2D eigenvalue weighted by Crippen LogP contribution is -2.44. The highest BCUT2D eigenvalue weighted by molar-refractivity contribution is 5.81. The van der Waals surface area contributed by atoms with Gasteiger partial charge in [0, 0.05) is 11.6 Å². The molecule has 0 aliphatic carbocycles. The molecular formula is C10H17NO2. The predicted molar refractivity (Wildman–Crippen MR) is 53.2 cm³/mol. The van der Waals surface area contributed by atoms with Gasteiger partial charge in [0.05, 0.1) is 0 Å². The molecule has 0 aromatic rings. The molecule has 0 heterocycles. The monoisotopic (exact) mass is 183 g/mol. The van der Waals surface area contributed by atoms with E-state index in [1.165, 1.54) is 0 Å². The molecule has 0 aliphatic rings. The second-order valence-corrected chi connectivity index (χ2v) is 3.35. The van der Waals surface area contributed by atoms with E-state index in [4.69, 9.17) is 4.74 Å². The number of esters is 1. The molecule has 74 valence electrons. The first-order valence-electron chi connectivity index (χ1n) is 4.15. The average Bonchev–Trinajstić information content (AvgIpc) is 2.03. The third kappa shape index (κ3) is 5.20. The van der Waals surface area contributed by atoms with Crippen LogP contribution in [0.5, 0.6) is 0 Å². The molecule has 0 saturated carbocycles. The molecule has 3 heteroatoms. The first-order valence-corrected chi connectivity index (χ1v) is 4.15. The Kier molecular flexibility index (Phi) is 4.42. The quantitative estimate of drug-likeness (QED) is 0.304. The van der Waals surface area contributed by atoms with Gasteiger partial charge in [0.2, 0.25) is 0 Å². The number of rotatable bonds is 5. The van der Waals surface area contributed by atoms with Crippen molar-refractivity contribution in [3.8, 4) is 0 Å². The summed E-state index contributed by atoms with van der Waals surface area (Å²) in [6.45, 7) is 12.6. The van der Waals surface area contributed by atoms with Crippen LogP contribution in [-0.2, 0) is 9.53 Å². The van der Waals surface area contributed by atoms with E-state index >= 15 is 0 Å². The van der Waals surface area contributed by atoms with Gasteiger partial charge in [-0.2, -0.15) is 0 Å². The van der Waals surface area contributed by atoms with E-state index in [-0.39, 0.29) is 11.8 Å². The Bertz CT molecular complexity index is 209. The Morgan fingerprint density at radius 2 is 2.08 bits per heavy atom. The molecule has 0 bridgehead atoms. The van der Waals surface area contributed by atoms with Crippen molar-refractivity contribution in [2.45, 2.75) is 32.5 Å². The SMILES string of the molecule is C=CC(=O)OC(C)NC(C)(C)C=C. The van der Waals surface area contributed by atoms with Crippen LogP contribution in [-0.4, -0.2) is 17.7 Å². The van der Waals surface area contributed by atoms with E-state index in [2.05, 4.69) is 18.5 Å². The van der Waals surface area contributed by atoms with Crippen LogP contribution >= 0.6 is 0 Å². The molecule has 0 aromatic carbocycles. The van der Waals surface area contributed by atoms with Gasteiger partial charge in [0.1, 0.15) is 0 Å². The van der Waals surface area contributed by atoms with Crippen LogP contribution in [0.4, 0.5) is 0 Å². The zero-order chi connectivity index (χ0) is 10.5.